The van der Waals surface area contributed by atoms with Gasteiger partial charge in [0.05, 0.1) is 0 Å². The van der Waals surface area contributed by atoms with E-state index >= 15 is 0 Å². The summed E-state index contributed by atoms with van der Waals surface area (Å²) in [5.74, 6) is 0.792. The van der Waals surface area contributed by atoms with Gasteiger partial charge < -0.3 is 15.2 Å². The van der Waals surface area contributed by atoms with Gasteiger partial charge in [0.1, 0.15) is 18.5 Å². The maximum absolute atomic E-state index is 9.99. The molecule has 21 heavy (non-hydrogen) atoms. The summed E-state index contributed by atoms with van der Waals surface area (Å²) in [5.41, 5.74) is 1.90. The van der Waals surface area contributed by atoms with Gasteiger partial charge in [-0.1, -0.05) is 29.8 Å². The van der Waals surface area contributed by atoms with Gasteiger partial charge >= 0.3 is 0 Å². The van der Waals surface area contributed by atoms with Gasteiger partial charge in [-0.05, 0) is 52.7 Å². The van der Waals surface area contributed by atoms with Gasteiger partial charge in [0, 0.05) is 21.7 Å². The monoisotopic (exact) mass is 369 g/mol. The van der Waals surface area contributed by atoms with Crippen LogP contribution in [0.15, 0.2) is 46.9 Å². The highest BCUT2D eigenvalue weighted by atomic mass is 79.9. The SMILES string of the molecule is Cc1ccccc1OCC(O)CNc1cc(Cl)ccc1Br. The van der Waals surface area contributed by atoms with Gasteiger partial charge in [-0.25, -0.2) is 0 Å². The number of ether oxygens (including phenoxy) is 1. The van der Waals surface area contributed by atoms with Crippen molar-refractivity contribution in [2.24, 2.45) is 0 Å². The molecule has 3 nitrogen and oxygen atoms in total. The summed E-state index contributed by atoms with van der Waals surface area (Å²) < 4.78 is 6.51. The number of aliphatic hydroxyl groups is 1. The predicted molar refractivity (Wildman–Crippen MR) is 90.3 cm³/mol. The molecule has 0 saturated heterocycles. The fourth-order valence-corrected chi connectivity index (χ4v) is 2.38. The van der Waals surface area contributed by atoms with Crippen molar-refractivity contribution in [3.8, 4) is 5.75 Å². The van der Waals surface area contributed by atoms with Crippen molar-refractivity contribution in [3.05, 3.63) is 57.5 Å². The Bertz CT molecular complexity index is 607. The van der Waals surface area contributed by atoms with Crippen molar-refractivity contribution >= 4 is 33.2 Å². The highest BCUT2D eigenvalue weighted by molar-refractivity contribution is 9.10. The number of para-hydroxylation sites is 1. The summed E-state index contributed by atoms with van der Waals surface area (Å²) in [6.45, 7) is 2.59. The van der Waals surface area contributed by atoms with E-state index in [1.165, 1.54) is 0 Å². The highest BCUT2D eigenvalue weighted by Gasteiger charge is 2.08. The second-order valence-electron chi connectivity index (χ2n) is 4.74. The summed E-state index contributed by atoms with van der Waals surface area (Å²) in [7, 11) is 0. The van der Waals surface area contributed by atoms with Gasteiger partial charge in [0.15, 0.2) is 0 Å². The Morgan fingerprint density at radius 2 is 2.05 bits per heavy atom. The first kappa shape index (κ1) is 16.1. The molecule has 0 bridgehead atoms. The van der Waals surface area contributed by atoms with Crippen LogP contribution in [0.4, 0.5) is 5.69 Å². The number of aryl methyl sites for hydroxylation is 1. The smallest absolute Gasteiger partial charge is 0.122 e. The van der Waals surface area contributed by atoms with E-state index < -0.39 is 6.10 Å². The van der Waals surface area contributed by atoms with E-state index in [1.54, 1.807) is 12.1 Å². The molecule has 2 aromatic rings. The number of benzene rings is 2. The molecule has 2 aromatic carbocycles. The van der Waals surface area contributed by atoms with Crippen molar-refractivity contribution in [2.75, 3.05) is 18.5 Å². The van der Waals surface area contributed by atoms with Crippen molar-refractivity contribution in [3.63, 3.8) is 0 Å². The minimum atomic E-state index is -0.615. The van der Waals surface area contributed by atoms with E-state index in [9.17, 15) is 5.11 Å². The summed E-state index contributed by atoms with van der Waals surface area (Å²) in [5, 5.41) is 13.8. The average molecular weight is 371 g/mol. The lowest BCUT2D eigenvalue weighted by molar-refractivity contribution is 0.117. The third-order valence-electron chi connectivity index (χ3n) is 2.98. The second-order valence-corrected chi connectivity index (χ2v) is 6.03. The minimum absolute atomic E-state index is 0.232. The predicted octanol–water partition coefficient (Wildman–Crippen LogP) is 4.26. The van der Waals surface area contributed by atoms with Crippen molar-refractivity contribution in [2.45, 2.75) is 13.0 Å². The lowest BCUT2D eigenvalue weighted by atomic mass is 10.2. The third kappa shape index (κ3) is 4.92. The molecule has 5 heteroatoms. The van der Waals surface area contributed by atoms with Crippen molar-refractivity contribution < 1.29 is 9.84 Å². The Hall–Kier alpha value is -1.23. The second kappa shape index (κ2) is 7.69. The van der Waals surface area contributed by atoms with Crippen LogP contribution in [0.2, 0.25) is 5.02 Å². The van der Waals surface area contributed by atoms with E-state index in [0.29, 0.717) is 11.6 Å². The molecular formula is C16H17BrClNO2. The highest BCUT2D eigenvalue weighted by Crippen LogP contribution is 2.25. The third-order valence-corrected chi connectivity index (χ3v) is 3.91. The van der Waals surface area contributed by atoms with Crippen molar-refractivity contribution in [1.82, 2.24) is 0 Å². The Labute approximate surface area is 138 Å². The summed E-state index contributed by atoms with van der Waals surface area (Å²) in [6, 6.07) is 13.2. The molecular weight excluding hydrogens is 354 g/mol. The maximum atomic E-state index is 9.99. The molecule has 2 N–H and O–H groups in total. The summed E-state index contributed by atoms with van der Waals surface area (Å²) >= 11 is 9.37. The van der Waals surface area contributed by atoms with E-state index in [4.69, 9.17) is 16.3 Å². The number of hydrogen-bond donors (Lipinski definition) is 2. The molecule has 1 unspecified atom stereocenters. The lowest BCUT2D eigenvalue weighted by Gasteiger charge is -2.16. The first-order valence-corrected chi connectivity index (χ1v) is 7.79. The average Bonchev–Trinajstić information content (AvgIpc) is 2.47. The van der Waals surface area contributed by atoms with Crippen LogP contribution in [0.5, 0.6) is 5.75 Å². The number of hydrogen-bond acceptors (Lipinski definition) is 3. The van der Waals surface area contributed by atoms with Gasteiger partial charge in [-0.2, -0.15) is 0 Å². The molecule has 0 saturated carbocycles. The van der Waals surface area contributed by atoms with E-state index in [2.05, 4.69) is 21.2 Å². The Kier molecular flexibility index (Phi) is 5.91. The van der Waals surface area contributed by atoms with E-state index in [-0.39, 0.29) is 6.61 Å². The number of anilines is 1. The molecule has 0 aromatic heterocycles. The molecule has 1 atom stereocenters. The Morgan fingerprint density at radius 3 is 2.81 bits per heavy atom. The summed E-state index contributed by atoms with van der Waals surface area (Å²) in [6.07, 6.45) is -0.615. The maximum Gasteiger partial charge on any atom is 0.122 e. The van der Waals surface area contributed by atoms with Crippen molar-refractivity contribution in [1.29, 1.82) is 0 Å². The topological polar surface area (TPSA) is 41.5 Å². The van der Waals surface area contributed by atoms with Crippen LogP contribution in [0, 0.1) is 6.92 Å². The molecule has 0 aliphatic carbocycles. The van der Waals surface area contributed by atoms with Crippen LogP contribution >= 0.6 is 27.5 Å². The molecule has 0 aliphatic rings. The normalized spacial score (nSPS) is 12.0. The standard InChI is InChI=1S/C16H17BrClNO2/c1-11-4-2-3-5-16(11)21-10-13(20)9-19-15-8-12(18)6-7-14(15)17/h2-8,13,19-20H,9-10H2,1H3. The Balaban J connectivity index is 1.84. The zero-order valence-electron chi connectivity index (χ0n) is 11.6. The van der Waals surface area contributed by atoms with Gasteiger partial charge in [-0.15, -0.1) is 0 Å². The molecule has 0 radical (unpaired) electrons. The van der Waals surface area contributed by atoms with Crippen LogP contribution in [0.3, 0.4) is 0 Å². The van der Waals surface area contributed by atoms with E-state index in [0.717, 1.165) is 21.5 Å². The van der Waals surface area contributed by atoms with Crippen LogP contribution in [0.1, 0.15) is 5.56 Å². The quantitative estimate of drug-likeness (QED) is 0.798. The number of halogens is 2. The fourth-order valence-electron chi connectivity index (χ4n) is 1.82. The molecule has 0 amide bonds. The van der Waals surface area contributed by atoms with Gasteiger partial charge in [0.25, 0.3) is 0 Å². The number of rotatable bonds is 6. The molecule has 0 spiro atoms. The molecule has 112 valence electrons. The molecule has 0 heterocycles. The van der Waals surface area contributed by atoms with E-state index in [1.807, 2.05) is 37.3 Å². The van der Waals surface area contributed by atoms with Crippen LogP contribution in [0.25, 0.3) is 0 Å². The fraction of sp³-hybridized carbons (Fsp3) is 0.250. The van der Waals surface area contributed by atoms with Gasteiger partial charge in [0.2, 0.25) is 0 Å². The summed E-state index contributed by atoms with van der Waals surface area (Å²) in [4.78, 5) is 0. The first-order valence-electron chi connectivity index (χ1n) is 6.61. The molecule has 2 rings (SSSR count). The van der Waals surface area contributed by atoms with Gasteiger partial charge in [-0.3, -0.25) is 0 Å². The zero-order chi connectivity index (χ0) is 15.2. The number of nitrogens with one attached hydrogen (secondary N) is 1. The minimum Gasteiger partial charge on any atom is -0.491 e. The van der Waals surface area contributed by atoms with Crippen LogP contribution < -0.4 is 10.1 Å². The van der Waals surface area contributed by atoms with Crippen LogP contribution in [-0.4, -0.2) is 24.4 Å². The largest absolute Gasteiger partial charge is 0.491 e. The molecule has 0 fully saturated rings. The lowest BCUT2D eigenvalue weighted by Crippen LogP contribution is -2.26. The number of aliphatic hydroxyl groups excluding tert-OH is 1. The Morgan fingerprint density at radius 1 is 1.29 bits per heavy atom. The zero-order valence-corrected chi connectivity index (χ0v) is 14.0. The molecule has 0 aliphatic heterocycles. The first-order chi connectivity index (χ1) is 10.1. The van der Waals surface area contributed by atoms with Crippen LogP contribution in [-0.2, 0) is 0 Å².